The van der Waals surface area contributed by atoms with Gasteiger partial charge in [0.05, 0.1) is 14.8 Å². The molecule has 0 aliphatic heterocycles. The number of hydrogen-bond donors (Lipinski definition) is 1. The van der Waals surface area contributed by atoms with Crippen LogP contribution in [0.2, 0.25) is 5.02 Å². The van der Waals surface area contributed by atoms with Gasteiger partial charge in [-0.15, -0.1) is 0 Å². The van der Waals surface area contributed by atoms with E-state index in [-0.39, 0.29) is 11.3 Å². The molecular formula is C13H9ClN2O3S. The number of rotatable bonds is 4. The van der Waals surface area contributed by atoms with Gasteiger partial charge in [0.1, 0.15) is 0 Å². The lowest BCUT2D eigenvalue weighted by Gasteiger charge is -2.05. The molecule has 0 aliphatic rings. The number of primary amides is 1. The molecule has 102 valence electrons. The summed E-state index contributed by atoms with van der Waals surface area (Å²) in [6.07, 6.45) is 0. The number of carbonyl (C=O) groups is 1. The highest BCUT2D eigenvalue weighted by Crippen LogP contribution is 2.38. The Morgan fingerprint density at radius 2 is 1.90 bits per heavy atom. The van der Waals surface area contributed by atoms with Crippen LogP contribution >= 0.6 is 23.4 Å². The van der Waals surface area contributed by atoms with E-state index < -0.39 is 10.8 Å². The second kappa shape index (κ2) is 5.94. The monoisotopic (exact) mass is 308 g/mol. The van der Waals surface area contributed by atoms with Crippen LogP contribution in [0.4, 0.5) is 5.69 Å². The fourth-order valence-corrected chi connectivity index (χ4v) is 2.72. The summed E-state index contributed by atoms with van der Waals surface area (Å²) >= 11 is 7.19. The highest BCUT2D eigenvalue weighted by molar-refractivity contribution is 7.99. The summed E-state index contributed by atoms with van der Waals surface area (Å²) in [6.45, 7) is 0. The lowest BCUT2D eigenvalue weighted by molar-refractivity contribution is -0.387. The van der Waals surface area contributed by atoms with E-state index in [0.29, 0.717) is 14.8 Å². The first-order valence-corrected chi connectivity index (χ1v) is 6.69. The number of nitro groups is 1. The molecule has 0 saturated heterocycles. The van der Waals surface area contributed by atoms with Crippen molar-refractivity contribution in [2.45, 2.75) is 9.79 Å². The largest absolute Gasteiger partial charge is 0.366 e. The van der Waals surface area contributed by atoms with Crippen molar-refractivity contribution in [3.8, 4) is 0 Å². The Balaban J connectivity index is 2.44. The van der Waals surface area contributed by atoms with Crippen LogP contribution in [0, 0.1) is 10.1 Å². The van der Waals surface area contributed by atoms with Crippen molar-refractivity contribution in [2.24, 2.45) is 5.73 Å². The third-order valence-electron chi connectivity index (χ3n) is 2.50. The van der Waals surface area contributed by atoms with Crippen LogP contribution in [-0.4, -0.2) is 10.8 Å². The Bertz CT molecular complexity index is 691. The molecule has 20 heavy (non-hydrogen) atoms. The number of halogens is 1. The second-order valence-corrected chi connectivity index (χ2v) is 5.33. The van der Waals surface area contributed by atoms with E-state index in [1.807, 2.05) is 0 Å². The summed E-state index contributed by atoms with van der Waals surface area (Å²) in [6, 6.07) is 11.1. The maximum atomic E-state index is 11.1. The first-order chi connectivity index (χ1) is 9.49. The van der Waals surface area contributed by atoms with E-state index in [4.69, 9.17) is 17.3 Å². The molecule has 0 bridgehead atoms. The average Bonchev–Trinajstić information content (AvgIpc) is 2.41. The molecule has 2 N–H and O–H groups in total. The number of benzene rings is 2. The third kappa shape index (κ3) is 3.09. The molecule has 0 atom stereocenters. The summed E-state index contributed by atoms with van der Waals surface area (Å²) in [5.74, 6) is -0.706. The molecule has 0 fully saturated rings. The van der Waals surface area contributed by atoms with Gasteiger partial charge in [0.25, 0.3) is 5.69 Å². The summed E-state index contributed by atoms with van der Waals surface area (Å²) in [5, 5.41) is 11.6. The molecule has 0 radical (unpaired) electrons. The van der Waals surface area contributed by atoms with Crippen LogP contribution < -0.4 is 5.73 Å². The molecule has 2 rings (SSSR count). The number of nitrogens with zero attached hydrogens (tertiary/aromatic N) is 1. The molecule has 7 heteroatoms. The molecule has 0 aliphatic carbocycles. The third-order valence-corrected chi connectivity index (χ3v) is 4.08. The van der Waals surface area contributed by atoms with Gasteiger partial charge in [-0.05, 0) is 24.3 Å². The first-order valence-electron chi connectivity index (χ1n) is 5.49. The van der Waals surface area contributed by atoms with Crippen molar-refractivity contribution in [3.63, 3.8) is 0 Å². The van der Waals surface area contributed by atoms with Crippen molar-refractivity contribution in [2.75, 3.05) is 0 Å². The maximum Gasteiger partial charge on any atom is 0.284 e. The zero-order chi connectivity index (χ0) is 14.7. The predicted molar refractivity (Wildman–Crippen MR) is 77.2 cm³/mol. The average molecular weight is 309 g/mol. The summed E-state index contributed by atoms with van der Waals surface area (Å²) in [7, 11) is 0. The van der Waals surface area contributed by atoms with Crippen LogP contribution in [0.3, 0.4) is 0 Å². The van der Waals surface area contributed by atoms with E-state index in [1.165, 1.54) is 18.2 Å². The molecule has 2 aromatic rings. The first kappa shape index (κ1) is 14.4. The Labute approximate surface area is 123 Å². The van der Waals surface area contributed by atoms with Gasteiger partial charge in [-0.25, -0.2) is 0 Å². The highest BCUT2D eigenvalue weighted by Gasteiger charge is 2.18. The second-order valence-electron chi connectivity index (χ2n) is 3.84. The zero-order valence-electron chi connectivity index (χ0n) is 10.1. The van der Waals surface area contributed by atoms with Gasteiger partial charge in [-0.2, -0.15) is 0 Å². The Morgan fingerprint density at radius 1 is 1.20 bits per heavy atom. The highest BCUT2D eigenvalue weighted by atomic mass is 35.5. The van der Waals surface area contributed by atoms with Crippen molar-refractivity contribution in [1.29, 1.82) is 0 Å². The Hall–Kier alpha value is -2.05. The normalized spacial score (nSPS) is 10.2. The van der Waals surface area contributed by atoms with Crippen LogP contribution in [0.25, 0.3) is 0 Å². The fourth-order valence-electron chi connectivity index (χ4n) is 1.55. The SMILES string of the molecule is NC(=O)c1ccc(Sc2ccccc2Cl)c([N+](=O)[O-])c1. The molecule has 5 nitrogen and oxygen atoms in total. The number of carbonyl (C=O) groups excluding carboxylic acids is 1. The van der Waals surface area contributed by atoms with E-state index in [0.717, 1.165) is 11.8 Å². The lowest BCUT2D eigenvalue weighted by atomic mass is 10.2. The van der Waals surface area contributed by atoms with Gasteiger partial charge >= 0.3 is 0 Å². The van der Waals surface area contributed by atoms with Crippen molar-refractivity contribution in [1.82, 2.24) is 0 Å². The van der Waals surface area contributed by atoms with E-state index in [1.54, 1.807) is 24.3 Å². The van der Waals surface area contributed by atoms with Gasteiger partial charge < -0.3 is 5.73 Å². The number of nitro benzene ring substituents is 1. The van der Waals surface area contributed by atoms with E-state index in [2.05, 4.69) is 0 Å². The fraction of sp³-hybridized carbons (Fsp3) is 0. The molecular weight excluding hydrogens is 300 g/mol. The van der Waals surface area contributed by atoms with Gasteiger partial charge in [-0.3, -0.25) is 14.9 Å². The minimum absolute atomic E-state index is 0.0974. The molecule has 0 spiro atoms. The minimum atomic E-state index is -0.706. The molecule has 2 aromatic carbocycles. The van der Waals surface area contributed by atoms with E-state index in [9.17, 15) is 14.9 Å². The topological polar surface area (TPSA) is 86.2 Å². The minimum Gasteiger partial charge on any atom is -0.366 e. The van der Waals surface area contributed by atoms with Crippen LogP contribution in [0.1, 0.15) is 10.4 Å². The Kier molecular flexibility index (Phi) is 4.26. The molecule has 0 unspecified atom stereocenters. The zero-order valence-corrected chi connectivity index (χ0v) is 11.6. The summed E-state index contributed by atoms with van der Waals surface area (Å²) < 4.78 is 0. The lowest BCUT2D eigenvalue weighted by Crippen LogP contribution is -2.11. The van der Waals surface area contributed by atoms with Crippen molar-refractivity contribution >= 4 is 35.0 Å². The summed E-state index contributed by atoms with van der Waals surface area (Å²) in [5.41, 5.74) is 5.04. The van der Waals surface area contributed by atoms with E-state index >= 15 is 0 Å². The van der Waals surface area contributed by atoms with Crippen molar-refractivity contribution < 1.29 is 9.72 Å². The van der Waals surface area contributed by atoms with Crippen molar-refractivity contribution in [3.05, 3.63) is 63.2 Å². The van der Waals surface area contributed by atoms with Crippen LogP contribution in [0.15, 0.2) is 52.3 Å². The molecule has 1 amide bonds. The molecule has 0 heterocycles. The van der Waals surface area contributed by atoms with Gasteiger partial charge in [0, 0.05) is 16.5 Å². The number of amides is 1. The van der Waals surface area contributed by atoms with Crippen LogP contribution in [0.5, 0.6) is 0 Å². The van der Waals surface area contributed by atoms with Gasteiger partial charge in [-0.1, -0.05) is 35.5 Å². The Morgan fingerprint density at radius 3 is 2.50 bits per heavy atom. The molecule has 0 aromatic heterocycles. The predicted octanol–water partition coefficient (Wildman–Crippen LogP) is 3.50. The maximum absolute atomic E-state index is 11.1. The quantitative estimate of drug-likeness (QED) is 0.692. The molecule has 0 saturated carbocycles. The number of nitrogens with two attached hydrogens (primary N) is 1. The smallest absolute Gasteiger partial charge is 0.284 e. The van der Waals surface area contributed by atoms with Gasteiger partial charge in [0.2, 0.25) is 5.91 Å². The van der Waals surface area contributed by atoms with Crippen LogP contribution in [-0.2, 0) is 0 Å². The van der Waals surface area contributed by atoms with Gasteiger partial charge in [0.15, 0.2) is 0 Å². The number of hydrogen-bond acceptors (Lipinski definition) is 4. The summed E-state index contributed by atoms with van der Waals surface area (Å²) in [4.78, 5) is 22.7. The standard InChI is InChI=1S/C13H9ClN2O3S/c14-9-3-1-2-4-11(9)20-12-6-5-8(13(15)17)7-10(12)16(18)19/h1-7H,(H2,15,17).